The Kier molecular flexibility index (Phi) is 5.89. The van der Waals surface area contributed by atoms with Crippen molar-refractivity contribution in [3.8, 4) is 17.2 Å². The Bertz CT molecular complexity index is 1160. The molecule has 1 fully saturated rings. The second-order valence-corrected chi connectivity index (χ2v) is 9.25. The molecule has 0 unspecified atom stereocenters. The Hall–Kier alpha value is -3.38. The van der Waals surface area contributed by atoms with Crippen molar-refractivity contribution in [1.29, 1.82) is 0 Å². The molecule has 2 aromatic rings. The average molecular weight is 463 g/mol. The van der Waals surface area contributed by atoms with Gasteiger partial charge in [-0.05, 0) is 24.3 Å². The number of nitro benzene ring substituents is 1. The number of sulfonamides is 1. The first-order valence-corrected chi connectivity index (χ1v) is 11.4. The van der Waals surface area contributed by atoms with E-state index in [1.54, 1.807) is 6.07 Å². The number of nitro groups is 1. The van der Waals surface area contributed by atoms with Crippen LogP contribution in [0.3, 0.4) is 0 Å². The number of phenols is 1. The number of carbonyl (C=O) groups excluding carboxylic acids is 1. The Morgan fingerprint density at radius 1 is 1.00 bits per heavy atom. The Morgan fingerprint density at radius 3 is 2.34 bits per heavy atom. The lowest BCUT2D eigenvalue weighted by atomic mass is 10.1. The van der Waals surface area contributed by atoms with Crippen LogP contribution in [0, 0.1) is 10.1 Å². The molecule has 0 atom stereocenters. The SMILES string of the molecule is O=C(c1ccc([N+](=O)[O-])c(O)c1)N1CCN(S(=O)(=O)c2ccc3c(c2)OCCCO3)CC1. The third-order valence-electron chi connectivity index (χ3n) is 5.30. The summed E-state index contributed by atoms with van der Waals surface area (Å²) in [6.45, 7) is 1.39. The Balaban J connectivity index is 1.45. The fourth-order valence-corrected chi connectivity index (χ4v) is 5.02. The first kappa shape index (κ1) is 21.8. The van der Waals surface area contributed by atoms with Crippen LogP contribution in [0.25, 0.3) is 0 Å². The third-order valence-corrected chi connectivity index (χ3v) is 7.20. The fourth-order valence-electron chi connectivity index (χ4n) is 3.58. The molecule has 0 aliphatic carbocycles. The van der Waals surface area contributed by atoms with Crippen LogP contribution in [0.15, 0.2) is 41.3 Å². The van der Waals surface area contributed by atoms with E-state index in [1.165, 1.54) is 27.4 Å². The molecular weight excluding hydrogens is 442 g/mol. The molecule has 1 amide bonds. The van der Waals surface area contributed by atoms with Crippen LogP contribution < -0.4 is 9.47 Å². The van der Waals surface area contributed by atoms with E-state index in [0.29, 0.717) is 31.1 Å². The standard InChI is InChI=1S/C20H21N3O8S/c24-17-12-14(2-4-16(17)23(26)27)20(25)21-6-8-22(9-7-21)32(28,29)15-3-5-18-19(13-15)31-11-1-10-30-18/h2-5,12-13,24H,1,6-11H2. The van der Waals surface area contributed by atoms with Crippen molar-refractivity contribution in [3.63, 3.8) is 0 Å². The van der Waals surface area contributed by atoms with Crippen LogP contribution in [-0.2, 0) is 10.0 Å². The number of nitrogens with zero attached hydrogens (tertiary/aromatic N) is 3. The van der Waals surface area contributed by atoms with Crippen LogP contribution in [-0.4, -0.2) is 73.0 Å². The summed E-state index contributed by atoms with van der Waals surface area (Å²) in [6, 6.07) is 7.87. The number of hydrogen-bond donors (Lipinski definition) is 1. The summed E-state index contributed by atoms with van der Waals surface area (Å²) in [5.41, 5.74) is -0.403. The van der Waals surface area contributed by atoms with Gasteiger partial charge in [0.15, 0.2) is 17.2 Å². The molecule has 11 nitrogen and oxygen atoms in total. The summed E-state index contributed by atoms with van der Waals surface area (Å²) >= 11 is 0. The maximum atomic E-state index is 13.1. The lowest BCUT2D eigenvalue weighted by Crippen LogP contribution is -2.50. The highest BCUT2D eigenvalue weighted by atomic mass is 32.2. The predicted molar refractivity (Wildman–Crippen MR) is 111 cm³/mol. The summed E-state index contributed by atoms with van der Waals surface area (Å²) in [7, 11) is -3.80. The highest BCUT2D eigenvalue weighted by Crippen LogP contribution is 2.33. The molecule has 1 N–H and O–H groups in total. The minimum atomic E-state index is -3.80. The Morgan fingerprint density at radius 2 is 1.69 bits per heavy atom. The van der Waals surface area contributed by atoms with E-state index in [2.05, 4.69) is 0 Å². The van der Waals surface area contributed by atoms with Gasteiger partial charge in [0.1, 0.15) is 0 Å². The van der Waals surface area contributed by atoms with Gasteiger partial charge in [0, 0.05) is 50.3 Å². The van der Waals surface area contributed by atoms with E-state index in [9.17, 15) is 28.4 Å². The second kappa shape index (κ2) is 8.63. The summed E-state index contributed by atoms with van der Waals surface area (Å²) in [4.78, 5) is 24.3. The molecular formula is C20H21N3O8S. The van der Waals surface area contributed by atoms with Gasteiger partial charge in [-0.2, -0.15) is 4.31 Å². The van der Waals surface area contributed by atoms with Crippen LogP contribution in [0.2, 0.25) is 0 Å². The van der Waals surface area contributed by atoms with Gasteiger partial charge in [0.05, 0.1) is 23.0 Å². The lowest BCUT2D eigenvalue weighted by Gasteiger charge is -2.34. The van der Waals surface area contributed by atoms with E-state index < -0.39 is 32.3 Å². The summed E-state index contributed by atoms with van der Waals surface area (Å²) in [6.07, 6.45) is 0.708. The maximum Gasteiger partial charge on any atom is 0.310 e. The molecule has 0 spiro atoms. The van der Waals surface area contributed by atoms with Crippen molar-refractivity contribution in [3.05, 3.63) is 52.1 Å². The van der Waals surface area contributed by atoms with Crippen molar-refractivity contribution in [1.82, 2.24) is 9.21 Å². The highest BCUT2D eigenvalue weighted by Gasteiger charge is 2.31. The van der Waals surface area contributed by atoms with E-state index in [0.717, 1.165) is 12.1 Å². The zero-order valence-electron chi connectivity index (χ0n) is 17.0. The smallest absolute Gasteiger partial charge is 0.310 e. The fraction of sp³-hybridized carbons (Fsp3) is 0.350. The van der Waals surface area contributed by atoms with Gasteiger partial charge in [-0.1, -0.05) is 0 Å². The van der Waals surface area contributed by atoms with Gasteiger partial charge >= 0.3 is 5.69 Å². The molecule has 0 saturated carbocycles. The van der Waals surface area contributed by atoms with Crippen molar-refractivity contribution >= 4 is 21.6 Å². The normalized spacial score (nSPS) is 16.9. The molecule has 0 radical (unpaired) electrons. The number of benzene rings is 2. The predicted octanol–water partition coefficient (Wildman–Crippen LogP) is 1.61. The van der Waals surface area contributed by atoms with Gasteiger partial charge < -0.3 is 19.5 Å². The summed E-state index contributed by atoms with van der Waals surface area (Å²) in [5.74, 6) is -0.155. The third kappa shape index (κ3) is 4.18. The van der Waals surface area contributed by atoms with E-state index in [1.807, 2.05) is 0 Å². The lowest BCUT2D eigenvalue weighted by molar-refractivity contribution is -0.385. The average Bonchev–Trinajstić information content (AvgIpc) is 3.03. The number of rotatable bonds is 4. The van der Waals surface area contributed by atoms with E-state index >= 15 is 0 Å². The van der Waals surface area contributed by atoms with E-state index in [4.69, 9.17) is 9.47 Å². The number of amides is 1. The quantitative estimate of drug-likeness (QED) is 0.533. The van der Waals surface area contributed by atoms with Gasteiger partial charge in [-0.15, -0.1) is 0 Å². The van der Waals surface area contributed by atoms with E-state index in [-0.39, 0.29) is 36.6 Å². The Labute approximate surface area is 184 Å². The van der Waals surface area contributed by atoms with Crippen LogP contribution in [0.1, 0.15) is 16.8 Å². The second-order valence-electron chi connectivity index (χ2n) is 7.32. The highest BCUT2D eigenvalue weighted by molar-refractivity contribution is 7.89. The number of hydrogen-bond acceptors (Lipinski definition) is 8. The number of fused-ring (bicyclic) bond motifs is 1. The van der Waals surface area contributed by atoms with Gasteiger partial charge in [-0.3, -0.25) is 14.9 Å². The molecule has 2 aliphatic rings. The van der Waals surface area contributed by atoms with Crippen molar-refractivity contribution < 1.29 is 32.7 Å². The van der Waals surface area contributed by atoms with Crippen molar-refractivity contribution in [2.75, 3.05) is 39.4 Å². The molecule has 0 bridgehead atoms. The summed E-state index contributed by atoms with van der Waals surface area (Å²) in [5, 5.41) is 20.6. The van der Waals surface area contributed by atoms with Gasteiger partial charge in [0.2, 0.25) is 10.0 Å². The largest absolute Gasteiger partial charge is 0.502 e. The molecule has 0 aromatic heterocycles. The minimum Gasteiger partial charge on any atom is -0.502 e. The topological polar surface area (TPSA) is 140 Å². The molecule has 4 rings (SSSR count). The zero-order chi connectivity index (χ0) is 22.9. The number of ether oxygens (including phenoxy) is 2. The van der Waals surface area contributed by atoms with Crippen LogP contribution >= 0.6 is 0 Å². The number of phenolic OH excluding ortho intramolecular Hbond substituents is 1. The first-order valence-electron chi connectivity index (χ1n) is 9.94. The monoisotopic (exact) mass is 463 g/mol. The zero-order valence-corrected chi connectivity index (χ0v) is 17.8. The number of carbonyl (C=O) groups is 1. The molecule has 12 heteroatoms. The van der Waals surface area contributed by atoms with Gasteiger partial charge in [-0.25, -0.2) is 8.42 Å². The van der Waals surface area contributed by atoms with Crippen molar-refractivity contribution in [2.24, 2.45) is 0 Å². The molecule has 1 saturated heterocycles. The summed E-state index contributed by atoms with van der Waals surface area (Å²) < 4.78 is 38.6. The first-order chi connectivity index (χ1) is 15.3. The number of aromatic hydroxyl groups is 1. The molecule has 2 heterocycles. The van der Waals surface area contributed by atoms with Crippen molar-refractivity contribution in [2.45, 2.75) is 11.3 Å². The number of piperazine rings is 1. The minimum absolute atomic E-state index is 0.0848. The molecule has 2 aromatic carbocycles. The van der Waals surface area contributed by atoms with Crippen LogP contribution in [0.4, 0.5) is 5.69 Å². The molecule has 170 valence electrons. The maximum absolute atomic E-state index is 13.1. The molecule has 2 aliphatic heterocycles. The van der Waals surface area contributed by atoms with Crippen LogP contribution in [0.5, 0.6) is 17.2 Å². The molecule has 32 heavy (non-hydrogen) atoms. The van der Waals surface area contributed by atoms with Gasteiger partial charge in [0.25, 0.3) is 5.91 Å².